The Morgan fingerprint density at radius 1 is 1.29 bits per heavy atom. The molecule has 1 N–H and O–H groups in total. The zero-order valence-corrected chi connectivity index (χ0v) is 16.5. The van der Waals surface area contributed by atoms with Gasteiger partial charge in [-0.3, -0.25) is 4.79 Å². The maximum atomic E-state index is 12.2. The lowest BCUT2D eigenvalue weighted by atomic mass is 10.2. The highest BCUT2D eigenvalue weighted by Gasteiger charge is 2.18. The van der Waals surface area contributed by atoms with E-state index >= 15 is 0 Å². The van der Waals surface area contributed by atoms with Gasteiger partial charge in [0, 0.05) is 5.38 Å². The number of carbonyl (C=O) groups excluding carboxylic acids is 1. The highest BCUT2D eigenvalue weighted by atomic mass is 32.2. The number of nitrogens with zero attached hydrogens (tertiary/aromatic N) is 2. The van der Waals surface area contributed by atoms with E-state index in [1.807, 2.05) is 0 Å². The van der Waals surface area contributed by atoms with Crippen LogP contribution in [0.2, 0.25) is 0 Å². The second-order valence-electron chi connectivity index (χ2n) is 5.71. The van der Waals surface area contributed by atoms with E-state index in [1.165, 1.54) is 17.9 Å². The summed E-state index contributed by atoms with van der Waals surface area (Å²) in [5.74, 6) is 0.0878. The first-order valence-electron chi connectivity index (χ1n) is 8.10. The predicted octanol–water partition coefficient (Wildman–Crippen LogP) is 2.62. The van der Waals surface area contributed by atoms with E-state index in [-0.39, 0.29) is 17.2 Å². The minimum atomic E-state index is -3.45. The summed E-state index contributed by atoms with van der Waals surface area (Å²) in [5.41, 5.74) is 3.26. The summed E-state index contributed by atoms with van der Waals surface area (Å²) in [5, 5.41) is 5.70. The van der Waals surface area contributed by atoms with Gasteiger partial charge in [-0.25, -0.2) is 18.8 Å². The number of aromatic nitrogens is 1. The molecular formula is C18H17N3O5S2. The molecule has 0 radical (unpaired) electrons. The lowest BCUT2D eigenvalue weighted by Crippen LogP contribution is -2.18. The molecule has 146 valence electrons. The minimum Gasteiger partial charge on any atom is -0.497 e. The Morgan fingerprint density at radius 2 is 2.07 bits per heavy atom. The van der Waals surface area contributed by atoms with Crippen molar-refractivity contribution >= 4 is 33.3 Å². The fraction of sp³-hybridized carbons (Fsp3) is 0.167. The number of rotatable bonds is 8. The van der Waals surface area contributed by atoms with Crippen LogP contribution in [-0.4, -0.2) is 32.6 Å². The molecule has 3 aromatic rings. The highest BCUT2D eigenvalue weighted by Crippen LogP contribution is 2.17. The molecule has 10 heteroatoms. The molecule has 0 aliphatic carbocycles. The van der Waals surface area contributed by atoms with Crippen molar-refractivity contribution in [3.05, 3.63) is 70.1 Å². The van der Waals surface area contributed by atoms with Crippen molar-refractivity contribution in [3.8, 4) is 5.75 Å². The van der Waals surface area contributed by atoms with E-state index in [0.717, 1.165) is 22.6 Å². The van der Waals surface area contributed by atoms with Gasteiger partial charge in [-0.15, -0.1) is 11.3 Å². The number of furan rings is 1. The zero-order valence-electron chi connectivity index (χ0n) is 14.9. The van der Waals surface area contributed by atoms with Crippen molar-refractivity contribution in [1.29, 1.82) is 0 Å². The number of amides is 1. The Kier molecular flexibility index (Phi) is 6.22. The Hall–Kier alpha value is -2.98. The van der Waals surface area contributed by atoms with E-state index in [9.17, 15) is 13.2 Å². The van der Waals surface area contributed by atoms with Crippen LogP contribution < -0.4 is 10.2 Å². The third-order valence-corrected chi connectivity index (χ3v) is 6.03. The lowest BCUT2D eigenvalue weighted by Gasteiger charge is -2.00. The largest absolute Gasteiger partial charge is 0.497 e. The number of benzene rings is 1. The number of nitrogens with one attached hydrogen (secondary N) is 1. The average Bonchev–Trinajstić information content (AvgIpc) is 3.33. The van der Waals surface area contributed by atoms with Crippen molar-refractivity contribution < 1.29 is 22.4 Å². The topological polar surface area (TPSA) is 111 Å². The van der Waals surface area contributed by atoms with E-state index in [4.69, 9.17) is 9.15 Å². The zero-order chi connectivity index (χ0) is 20.0. The molecule has 1 amide bonds. The van der Waals surface area contributed by atoms with Gasteiger partial charge in [-0.1, -0.05) is 0 Å². The first-order valence-corrected chi connectivity index (χ1v) is 10.8. The van der Waals surface area contributed by atoms with Crippen molar-refractivity contribution in [1.82, 2.24) is 10.4 Å². The fourth-order valence-electron chi connectivity index (χ4n) is 2.24. The van der Waals surface area contributed by atoms with Crippen LogP contribution >= 0.6 is 11.3 Å². The summed E-state index contributed by atoms with van der Waals surface area (Å²) < 4.78 is 34.5. The van der Waals surface area contributed by atoms with Crippen LogP contribution in [0.4, 0.5) is 0 Å². The van der Waals surface area contributed by atoms with Crippen LogP contribution in [0, 0.1) is 0 Å². The third-order valence-electron chi connectivity index (χ3n) is 3.57. The number of hydrogen-bond acceptors (Lipinski definition) is 8. The van der Waals surface area contributed by atoms with Crippen molar-refractivity contribution in [2.45, 2.75) is 11.5 Å². The minimum absolute atomic E-state index is 0.111. The maximum absolute atomic E-state index is 12.2. The SMILES string of the molecule is COc1ccc(C=NNC(=O)c2csc(CS(=O)(=O)Cc3ccco3)n2)cc1. The smallest absolute Gasteiger partial charge is 0.290 e. The quantitative estimate of drug-likeness (QED) is 0.444. The van der Waals surface area contributed by atoms with Crippen LogP contribution in [-0.2, 0) is 21.3 Å². The fourth-order valence-corrected chi connectivity index (χ4v) is 4.75. The molecule has 28 heavy (non-hydrogen) atoms. The molecule has 2 heterocycles. The molecule has 3 rings (SSSR count). The second-order valence-corrected chi connectivity index (χ2v) is 8.72. The van der Waals surface area contributed by atoms with Crippen LogP contribution in [0.1, 0.15) is 26.8 Å². The Morgan fingerprint density at radius 3 is 2.75 bits per heavy atom. The molecule has 0 aliphatic rings. The van der Waals surface area contributed by atoms with E-state index < -0.39 is 15.7 Å². The van der Waals surface area contributed by atoms with Crippen LogP contribution in [0.5, 0.6) is 5.75 Å². The Balaban J connectivity index is 1.56. The number of thiazole rings is 1. The molecule has 2 aromatic heterocycles. The van der Waals surface area contributed by atoms with Crippen LogP contribution in [0.3, 0.4) is 0 Å². The van der Waals surface area contributed by atoms with Crippen molar-refractivity contribution in [2.75, 3.05) is 7.11 Å². The van der Waals surface area contributed by atoms with Crippen molar-refractivity contribution in [3.63, 3.8) is 0 Å². The number of sulfone groups is 1. The van der Waals surface area contributed by atoms with Gasteiger partial charge in [-0.2, -0.15) is 5.10 Å². The maximum Gasteiger partial charge on any atom is 0.290 e. The molecule has 1 aromatic carbocycles. The van der Waals surface area contributed by atoms with Gasteiger partial charge >= 0.3 is 0 Å². The standard InChI is InChI=1S/C18H17N3O5S2/c1-25-14-6-4-13(5-7-14)9-19-21-18(22)16-10-27-17(20-16)12-28(23,24)11-15-3-2-8-26-15/h2-10H,11-12H2,1H3,(H,21,22). The summed E-state index contributed by atoms with van der Waals surface area (Å²) in [7, 11) is -1.87. The molecule has 0 atom stereocenters. The number of ether oxygens (including phenoxy) is 1. The summed E-state index contributed by atoms with van der Waals surface area (Å²) in [6.07, 6.45) is 2.90. The molecule has 0 fully saturated rings. The highest BCUT2D eigenvalue weighted by molar-refractivity contribution is 7.89. The summed E-state index contributed by atoms with van der Waals surface area (Å²) in [6.45, 7) is 0. The normalized spacial score (nSPS) is 11.6. The van der Waals surface area contributed by atoms with Gasteiger partial charge in [0.05, 0.1) is 19.6 Å². The van der Waals surface area contributed by atoms with Crippen LogP contribution in [0.25, 0.3) is 0 Å². The number of carbonyl (C=O) groups is 1. The molecular weight excluding hydrogens is 402 g/mol. The first kappa shape index (κ1) is 19.8. The molecule has 0 aliphatic heterocycles. The molecule has 0 spiro atoms. The monoisotopic (exact) mass is 419 g/mol. The summed E-state index contributed by atoms with van der Waals surface area (Å²) >= 11 is 1.10. The van der Waals surface area contributed by atoms with Gasteiger partial charge < -0.3 is 9.15 Å². The van der Waals surface area contributed by atoms with E-state index in [0.29, 0.717) is 10.8 Å². The van der Waals surface area contributed by atoms with Gasteiger partial charge in [-0.05, 0) is 42.0 Å². The molecule has 0 bridgehead atoms. The molecule has 0 saturated heterocycles. The Labute approximate surface area is 165 Å². The Bertz CT molecular complexity index is 1060. The number of hydrogen-bond donors (Lipinski definition) is 1. The van der Waals surface area contributed by atoms with Crippen molar-refractivity contribution in [2.24, 2.45) is 5.10 Å². The number of hydrazone groups is 1. The van der Waals surface area contributed by atoms with Crippen LogP contribution in [0.15, 0.2) is 57.6 Å². The van der Waals surface area contributed by atoms with E-state index in [1.54, 1.807) is 43.5 Å². The molecule has 0 unspecified atom stereocenters. The lowest BCUT2D eigenvalue weighted by molar-refractivity contribution is 0.0950. The summed E-state index contributed by atoms with van der Waals surface area (Å²) in [6, 6.07) is 10.4. The van der Waals surface area contributed by atoms with Gasteiger partial charge in [0.25, 0.3) is 5.91 Å². The molecule has 8 nitrogen and oxygen atoms in total. The van der Waals surface area contributed by atoms with E-state index in [2.05, 4.69) is 15.5 Å². The van der Waals surface area contributed by atoms with Gasteiger partial charge in [0.1, 0.15) is 33.7 Å². The first-order chi connectivity index (χ1) is 13.4. The predicted molar refractivity (Wildman–Crippen MR) is 105 cm³/mol. The number of methoxy groups -OCH3 is 1. The van der Waals surface area contributed by atoms with Gasteiger partial charge in [0.2, 0.25) is 0 Å². The third kappa shape index (κ3) is 5.51. The van der Waals surface area contributed by atoms with Gasteiger partial charge in [0.15, 0.2) is 9.84 Å². The second kappa shape index (κ2) is 8.81. The average molecular weight is 419 g/mol. The summed E-state index contributed by atoms with van der Waals surface area (Å²) in [4.78, 5) is 16.2. The molecule has 0 saturated carbocycles.